The topological polar surface area (TPSA) is 54.5 Å². The van der Waals surface area contributed by atoms with Gasteiger partial charge in [0.15, 0.2) is 0 Å². The van der Waals surface area contributed by atoms with Gasteiger partial charge < -0.3 is 4.90 Å². The van der Waals surface area contributed by atoms with Crippen molar-refractivity contribution in [2.45, 2.75) is 31.7 Å². The Kier molecular flexibility index (Phi) is 3.87. The highest BCUT2D eigenvalue weighted by molar-refractivity contribution is 8.13. The van der Waals surface area contributed by atoms with E-state index in [-0.39, 0.29) is 16.7 Å². The summed E-state index contributed by atoms with van der Waals surface area (Å²) < 4.78 is 22.6. The van der Waals surface area contributed by atoms with Crippen LogP contribution in [0.1, 0.15) is 25.0 Å². The molecule has 19 heavy (non-hydrogen) atoms. The number of hydrogen-bond acceptors (Lipinski definition) is 3. The van der Waals surface area contributed by atoms with Gasteiger partial charge in [-0.25, -0.2) is 8.42 Å². The fraction of sp³-hybridized carbons (Fsp3) is 0.462. The monoisotopic (exact) mass is 301 g/mol. The highest BCUT2D eigenvalue weighted by atomic mass is 35.7. The molecule has 1 heterocycles. The quantitative estimate of drug-likeness (QED) is 0.787. The molecule has 0 saturated carbocycles. The van der Waals surface area contributed by atoms with Crippen LogP contribution in [0.25, 0.3) is 0 Å². The minimum atomic E-state index is -3.69. The fourth-order valence-corrected chi connectivity index (χ4v) is 3.04. The zero-order valence-corrected chi connectivity index (χ0v) is 12.5. The molecule has 1 aliphatic rings. The molecule has 0 saturated heterocycles. The lowest BCUT2D eigenvalue weighted by molar-refractivity contribution is -0.135. The van der Waals surface area contributed by atoms with Crippen LogP contribution in [0.15, 0.2) is 23.1 Å². The summed E-state index contributed by atoms with van der Waals surface area (Å²) in [6.45, 7) is 4.91. The lowest BCUT2D eigenvalue weighted by atomic mass is 9.99. The molecule has 0 aliphatic carbocycles. The van der Waals surface area contributed by atoms with Crippen molar-refractivity contribution in [3.05, 3.63) is 29.3 Å². The third-order valence-electron chi connectivity index (χ3n) is 3.28. The maximum absolute atomic E-state index is 11.9. The number of hydrogen-bond donors (Lipinski definition) is 0. The Balaban J connectivity index is 2.27. The number of nitrogens with zero attached hydrogens (tertiary/aromatic N) is 1. The van der Waals surface area contributed by atoms with Gasteiger partial charge in [-0.2, -0.15) is 0 Å². The smallest absolute Gasteiger partial charge is 0.261 e. The van der Waals surface area contributed by atoms with Crippen LogP contribution in [-0.4, -0.2) is 25.8 Å². The van der Waals surface area contributed by atoms with Gasteiger partial charge in [0.1, 0.15) is 0 Å². The number of fused-ring (bicyclic) bond motifs is 1. The molecule has 0 spiro atoms. The van der Waals surface area contributed by atoms with Crippen LogP contribution in [0.5, 0.6) is 0 Å². The summed E-state index contributed by atoms with van der Waals surface area (Å²) in [4.78, 5) is 13.9. The van der Waals surface area contributed by atoms with E-state index in [1.54, 1.807) is 12.1 Å². The van der Waals surface area contributed by atoms with Gasteiger partial charge in [-0.05, 0) is 29.7 Å². The van der Waals surface area contributed by atoms with Crippen LogP contribution in [0.3, 0.4) is 0 Å². The van der Waals surface area contributed by atoms with Gasteiger partial charge in [0.2, 0.25) is 5.91 Å². The number of amides is 1. The maximum atomic E-state index is 11.9. The second-order valence-electron chi connectivity index (χ2n) is 5.03. The van der Waals surface area contributed by atoms with Crippen molar-refractivity contribution in [1.29, 1.82) is 0 Å². The zero-order valence-electron chi connectivity index (χ0n) is 10.9. The normalized spacial score (nSPS) is 15.5. The Hall–Kier alpha value is -1.07. The van der Waals surface area contributed by atoms with E-state index in [0.29, 0.717) is 19.5 Å². The third-order valence-corrected chi connectivity index (χ3v) is 4.63. The molecule has 0 atom stereocenters. The van der Waals surface area contributed by atoms with E-state index in [9.17, 15) is 13.2 Å². The summed E-state index contributed by atoms with van der Waals surface area (Å²) in [5.74, 6) is 0.101. The molecular weight excluding hydrogens is 286 g/mol. The first-order chi connectivity index (χ1) is 8.79. The molecule has 104 valence electrons. The minimum Gasteiger partial charge on any atom is -0.338 e. The van der Waals surface area contributed by atoms with Crippen LogP contribution in [-0.2, 0) is 26.8 Å². The summed E-state index contributed by atoms with van der Waals surface area (Å²) in [6.07, 6.45) is 0.661. The Labute approximate surface area is 117 Å². The molecule has 1 amide bonds. The van der Waals surface area contributed by atoms with Crippen molar-refractivity contribution >= 4 is 25.6 Å². The second kappa shape index (κ2) is 5.13. The van der Waals surface area contributed by atoms with Gasteiger partial charge >= 0.3 is 0 Å². The first-order valence-electron chi connectivity index (χ1n) is 6.14. The first-order valence-corrected chi connectivity index (χ1v) is 8.45. The second-order valence-corrected chi connectivity index (χ2v) is 7.60. The molecule has 0 radical (unpaired) electrons. The predicted octanol–water partition coefficient (Wildman–Crippen LogP) is 2.15. The molecule has 0 bridgehead atoms. The van der Waals surface area contributed by atoms with Crippen LogP contribution in [0, 0.1) is 5.92 Å². The minimum absolute atomic E-state index is 0.0240. The largest absolute Gasteiger partial charge is 0.338 e. The van der Waals surface area contributed by atoms with E-state index in [2.05, 4.69) is 0 Å². The molecular formula is C13H16ClNO3S. The number of benzene rings is 1. The van der Waals surface area contributed by atoms with Crippen LogP contribution in [0.4, 0.5) is 0 Å². The van der Waals surface area contributed by atoms with Gasteiger partial charge in [-0.15, -0.1) is 0 Å². The highest BCUT2D eigenvalue weighted by Gasteiger charge is 2.23. The summed E-state index contributed by atoms with van der Waals surface area (Å²) in [5.41, 5.74) is 1.94. The fourth-order valence-electron chi connectivity index (χ4n) is 2.23. The van der Waals surface area contributed by atoms with Crippen molar-refractivity contribution in [1.82, 2.24) is 4.90 Å². The summed E-state index contributed by atoms with van der Waals surface area (Å²) >= 11 is 0. The zero-order chi connectivity index (χ0) is 14.2. The summed E-state index contributed by atoms with van der Waals surface area (Å²) in [6, 6.07) is 4.84. The van der Waals surface area contributed by atoms with E-state index in [1.807, 2.05) is 18.7 Å². The average Bonchev–Trinajstić information content (AvgIpc) is 2.35. The number of carbonyl (C=O) groups excluding carboxylic acids is 1. The molecule has 4 nitrogen and oxygen atoms in total. The van der Waals surface area contributed by atoms with E-state index >= 15 is 0 Å². The van der Waals surface area contributed by atoms with Gasteiger partial charge in [0, 0.05) is 29.7 Å². The molecule has 1 aliphatic heterocycles. The highest BCUT2D eigenvalue weighted by Crippen LogP contribution is 2.25. The lowest BCUT2D eigenvalue weighted by Gasteiger charge is -2.30. The Bertz CT molecular complexity index is 610. The molecule has 2 rings (SSSR count). The molecule has 0 aromatic heterocycles. The number of halogens is 1. The van der Waals surface area contributed by atoms with Crippen molar-refractivity contribution in [2.24, 2.45) is 5.92 Å². The van der Waals surface area contributed by atoms with Gasteiger partial charge in [0.05, 0.1) is 4.90 Å². The Morgan fingerprint density at radius 2 is 2.00 bits per heavy atom. The average molecular weight is 302 g/mol. The van der Waals surface area contributed by atoms with Crippen LogP contribution >= 0.6 is 10.7 Å². The van der Waals surface area contributed by atoms with E-state index in [4.69, 9.17) is 10.7 Å². The first kappa shape index (κ1) is 14.3. The molecule has 0 fully saturated rings. The standard InChI is InChI=1S/C13H16ClNO3S/c1-9(2)13(16)15-6-5-10-7-12(19(14,17)18)4-3-11(10)8-15/h3-4,7,9H,5-6,8H2,1-2H3. The third kappa shape index (κ3) is 3.09. The Morgan fingerprint density at radius 3 is 2.58 bits per heavy atom. The molecule has 1 aromatic carbocycles. The van der Waals surface area contributed by atoms with Crippen molar-refractivity contribution in [3.63, 3.8) is 0 Å². The van der Waals surface area contributed by atoms with Gasteiger partial charge in [0.25, 0.3) is 9.05 Å². The summed E-state index contributed by atoms with van der Waals surface area (Å²) in [5, 5.41) is 0. The number of rotatable bonds is 2. The van der Waals surface area contributed by atoms with Crippen LogP contribution < -0.4 is 0 Å². The molecule has 1 aromatic rings. The maximum Gasteiger partial charge on any atom is 0.261 e. The number of carbonyl (C=O) groups is 1. The van der Waals surface area contributed by atoms with Crippen molar-refractivity contribution in [3.8, 4) is 0 Å². The lowest BCUT2D eigenvalue weighted by Crippen LogP contribution is -2.38. The van der Waals surface area contributed by atoms with Gasteiger partial charge in [-0.3, -0.25) is 4.79 Å². The molecule has 0 unspecified atom stereocenters. The summed E-state index contributed by atoms with van der Waals surface area (Å²) in [7, 11) is 1.64. The van der Waals surface area contributed by atoms with E-state index in [1.165, 1.54) is 6.07 Å². The Morgan fingerprint density at radius 1 is 1.32 bits per heavy atom. The van der Waals surface area contributed by atoms with Crippen LogP contribution in [0.2, 0.25) is 0 Å². The molecule has 6 heteroatoms. The predicted molar refractivity (Wildman–Crippen MR) is 73.4 cm³/mol. The van der Waals surface area contributed by atoms with Gasteiger partial charge in [-0.1, -0.05) is 19.9 Å². The van der Waals surface area contributed by atoms with E-state index < -0.39 is 9.05 Å². The van der Waals surface area contributed by atoms with Crippen molar-refractivity contribution in [2.75, 3.05) is 6.54 Å². The molecule has 0 N–H and O–H groups in total. The van der Waals surface area contributed by atoms with E-state index in [0.717, 1.165) is 11.1 Å². The van der Waals surface area contributed by atoms with Crippen molar-refractivity contribution < 1.29 is 13.2 Å². The SMILES string of the molecule is CC(C)C(=O)N1CCc2cc(S(=O)(=O)Cl)ccc2C1.